The molecule has 0 fully saturated rings. The van der Waals surface area contributed by atoms with Crippen LogP contribution in [0.1, 0.15) is 38.7 Å². The van der Waals surface area contributed by atoms with Crippen LogP contribution in [-0.2, 0) is 14.9 Å². The Hall–Kier alpha value is -1.07. The van der Waals surface area contributed by atoms with Crippen LogP contribution in [-0.4, -0.2) is 27.4 Å². The molecule has 0 bridgehead atoms. The molecule has 4 nitrogen and oxygen atoms in total. The summed E-state index contributed by atoms with van der Waals surface area (Å²) < 4.78 is 34.1. The summed E-state index contributed by atoms with van der Waals surface area (Å²) in [6.07, 6.45) is 0.419. The largest absolute Gasteiger partial charge is 0.385 e. The Balaban J connectivity index is 2.80. The normalized spacial score (nSPS) is 13.5. The molecule has 0 saturated heterocycles. The van der Waals surface area contributed by atoms with Gasteiger partial charge in [0.2, 0.25) is 0 Å². The minimum absolute atomic E-state index is 0.331. The molecule has 0 saturated carbocycles. The van der Waals surface area contributed by atoms with Crippen LogP contribution in [0.5, 0.6) is 5.75 Å². The van der Waals surface area contributed by atoms with Gasteiger partial charge in [-0.1, -0.05) is 26.0 Å². The molecule has 0 amide bonds. The maximum atomic E-state index is 12.0. The summed E-state index contributed by atoms with van der Waals surface area (Å²) in [7, 11) is -2.06. The molecular weight excluding hydrogens is 264 g/mol. The average Bonchev–Trinajstić information content (AvgIpc) is 2.35. The fourth-order valence-electron chi connectivity index (χ4n) is 1.57. The first kappa shape index (κ1) is 16.0. The van der Waals surface area contributed by atoms with E-state index in [4.69, 9.17) is 8.92 Å². The summed E-state index contributed by atoms with van der Waals surface area (Å²) in [6, 6.07) is 7.19. The molecule has 0 heterocycles. The standard InChI is InChI=1S/C14H22O4S/c1-11(2)13-6-5-7-14(10-13)18-19(15,16)12(3)8-9-17-4/h5-7,10-12H,8-9H2,1-4H3/t12-/m0/s1. The van der Waals surface area contributed by atoms with E-state index in [0.717, 1.165) is 5.56 Å². The van der Waals surface area contributed by atoms with Crippen LogP contribution in [0, 0.1) is 0 Å². The van der Waals surface area contributed by atoms with E-state index in [1.165, 1.54) is 0 Å². The topological polar surface area (TPSA) is 52.6 Å². The lowest BCUT2D eigenvalue weighted by molar-refractivity contribution is 0.194. The summed E-state index contributed by atoms with van der Waals surface area (Å²) in [6.45, 7) is 6.13. The van der Waals surface area contributed by atoms with E-state index in [0.29, 0.717) is 24.7 Å². The second kappa shape index (κ2) is 6.91. The first-order valence-electron chi connectivity index (χ1n) is 6.39. The van der Waals surface area contributed by atoms with Gasteiger partial charge in [-0.2, -0.15) is 8.42 Å². The lowest BCUT2D eigenvalue weighted by atomic mass is 10.0. The van der Waals surface area contributed by atoms with E-state index in [1.54, 1.807) is 32.2 Å². The van der Waals surface area contributed by atoms with Gasteiger partial charge in [0.15, 0.2) is 0 Å². The lowest BCUT2D eigenvalue weighted by Gasteiger charge is -2.14. The number of hydrogen-bond donors (Lipinski definition) is 0. The van der Waals surface area contributed by atoms with Gasteiger partial charge >= 0.3 is 10.1 Å². The van der Waals surface area contributed by atoms with Crippen molar-refractivity contribution in [2.75, 3.05) is 13.7 Å². The van der Waals surface area contributed by atoms with Crippen molar-refractivity contribution in [3.05, 3.63) is 29.8 Å². The number of hydrogen-bond acceptors (Lipinski definition) is 4. The summed E-state index contributed by atoms with van der Waals surface area (Å²) >= 11 is 0. The fourth-order valence-corrected chi connectivity index (χ4v) is 2.49. The zero-order valence-electron chi connectivity index (χ0n) is 11.9. The van der Waals surface area contributed by atoms with Crippen LogP contribution in [0.3, 0.4) is 0 Å². The van der Waals surface area contributed by atoms with Crippen molar-refractivity contribution in [3.63, 3.8) is 0 Å². The third-order valence-electron chi connectivity index (χ3n) is 2.96. The molecule has 0 spiro atoms. The number of benzene rings is 1. The van der Waals surface area contributed by atoms with E-state index in [2.05, 4.69) is 13.8 Å². The maximum Gasteiger partial charge on any atom is 0.311 e. The molecule has 1 atom stereocenters. The summed E-state index contributed by atoms with van der Waals surface area (Å²) in [5.41, 5.74) is 1.05. The molecule has 0 aliphatic rings. The zero-order valence-corrected chi connectivity index (χ0v) is 12.7. The summed E-state index contributed by atoms with van der Waals surface area (Å²) in [4.78, 5) is 0. The lowest BCUT2D eigenvalue weighted by Crippen LogP contribution is -2.24. The van der Waals surface area contributed by atoms with Crippen LogP contribution in [0.15, 0.2) is 24.3 Å². The molecule has 19 heavy (non-hydrogen) atoms. The van der Waals surface area contributed by atoms with Gasteiger partial charge in [-0.3, -0.25) is 0 Å². The second-order valence-corrected chi connectivity index (χ2v) is 6.85. The van der Waals surface area contributed by atoms with Gasteiger partial charge in [-0.25, -0.2) is 0 Å². The van der Waals surface area contributed by atoms with Crippen LogP contribution < -0.4 is 4.18 Å². The van der Waals surface area contributed by atoms with Crippen molar-refractivity contribution in [2.45, 2.75) is 38.4 Å². The predicted octanol–water partition coefficient (Wildman–Crippen LogP) is 2.94. The number of methoxy groups -OCH3 is 1. The molecule has 108 valence electrons. The van der Waals surface area contributed by atoms with Crippen molar-refractivity contribution in [3.8, 4) is 5.75 Å². The third kappa shape index (κ3) is 4.84. The van der Waals surface area contributed by atoms with Crippen molar-refractivity contribution in [2.24, 2.45) is 0 Å². The highest BCUT2D eigenvalue weighted by Crippen LogP contribution is 2.22. The molecule has 0 N–H and O–H groups in total. The van der Waals surface area contributed by atoms with Crippen LogP contribution in [0.2, 0.25) is 0 Å². The quantitative estimate of drug-likeness (QED) is 0.723. The fraction of sp³-hybridized carbons (Fsp3) is 0.571. The minimum atomic E-state index is -3.61. The molecule has 0 radical (unpaired) electrons. The Morgan fingerprint density at radius 3 is 2.47 bits per heavy atom. The highest BCUT2D eigenvalue weighted by atomic mass is 32.2. The molecule has 0 unspecified atom stereocenters. The van der Waals surface area contributed by atoms with Gasteiger partial charge < -0.3 is 8.92 Å². The molecule has 5 heteroatoms. The first-order chi connectivity index (χ1) is 8.86. The smallest absolute Gasteiger partial charge is 0.311 e. The van der Waals surface area contributed by atoms with Gasteiger partial charge in [0.25, 0.3) is 0 Å². The second-order valence-electron chi connectivity index (χ2n) is 4.90. The Kier molecular flexibility index (Phi) is 5.82. The van der Waals surface area contributed by atoms with Crippen LogP contribution in [0.4, 0.5) is 0 Å². The van der Waals surface area contributed by atoms with Gasteiger partial charge in [-0.05, 0) is 37.0 Å². The number of ether oxygens (including phenoxy) is 1. The third-order valence-corrected chi connectivity index (χ3v) is 4.60. The highest BCUT2D eigenvalue weighted by Gasteiger charge is 2.22. The Bertz CT molecular complexity index is 494. The molecule has 1 aromatic carbocycles. The Morgan fingerprint density at radius 1 is 1.21 bits per heavy atom. The van der Waals surface area contributed by atoms with E-state index >= 15 is 0 Å². The molecule has 0 aliphatic heterocycles. The van der Waals surface area contributed by atoms with Crippen molar-refractivity contribution >= 4 is 10.1 Å². The summed E-state index contributed by atoms with van der Waals surface area (Å²) in [5.74, 6) is 0.702. The molecular formula is C14H22O4S. The van der Waals surface area contributed by atoms with Crippen LogP contribution >= 0.6 is 0 Å². The molecule has 0 aliphatic carbocycles. The monoisotopic (exact) mass is 286 g/mol. The van der Waals surface area contributed by atoms with Crippen LogP contribution in [0.25, 0.3) is 0 Å². The van der Waals surface area contributed by atoms with Gasteiger partial charge in [0.1, 0.15) is 5.75 Å². The van der Waals surface area contributed by atoms with Crippen molar-refractivity contribution < 1.29 is 17.3 Å². The van der Waals surface area contributed by atoms with E-state index in [9.17, 15) is 8.42 Å². The Morgan fingerprint density at radius 2 is 1.89 bits per heavy atom. The molecule has 1 aromatic rings. The minimum Gasteiger partial charge on any atom is -0.385 e. The summed E-state index contributed by atoms with van der Waals surface area (Å²) in [5, 5.41) is -0.588. The van der Waals surface area contributed by atoms with E-state index in [1.807, 2.05) is 6.07 Å². The predicted molar refractivity (Wildman–Crippen MR) is 76.0 cm³/mol. The van der Waals surface area contributed by atoms with Gasteiger partial charge in [0, 0.05) is 13.7 Å². The Labute approximate surface area is 115 Å². The molecule has 0 aromatic heterocycles. The van der Waals surface area contributed by atoms with Gasteiger partial charge in [-0.15, -0.1) is 0 Å². The average molecular weight is 286 g/mol. The van der Waals surface area contributed by atoms with Gasteiger partial charge in [0.05, 0.1) is 5.25 Å². The zero-order chi connectivity index (χ0) is 14.5. The maximum absolute atomic E-state index is 12.0. The van der Waals surface area contributed by atoms with E-state index in [-0.39, 0.29) is 0 Å². The number of rotatable bonds is 7. The first-order valence-corrected chi connectivity index (χ1v) is 7.86. The highest BCUT2D eigenvalue weighted by molar-refractivity contribution is 7.87. The van der Waals surface area contributed by atoms with Crippen molar-refractivity contribution in [1.82, 2.24) is 0 Å². The van der Waals surface area contributed by atoms with E-state index < -0.39 is 15.4 Å². The SMILES string of the molecule is COCC[C@H](C)S(=O)(=O)Oc1cccc(C(C)C)c1. The molecule has 1 rings (SSSR count). The van der Waals surface area contributed by atoms with Crippen molar-refractivity contribution in [1.29, 1.82) is 0 Å².